The first-order valence-corrected chi connectivity index (χ1v) is 11.9. The molecule has 0 bridgehead atoms. The van der Waals surface area contributed by atoms with Crippen LogP contribution in [0.3, 0.4) is 0 Å². The van der Waals surface area contributed by atoms with E-state index in [2.05, 4.69) is 15.6 Å². The van der Waals surface area contributed by atoms with Crippen molar-refractivity contribution in [3.05, 3.63) is 95.2 Å². The number of carbonyl (C=O) groups is 2. The average molecular weight is 482 g/mol. The molecule has 0 aliphatic heterocycles. The molecule has 2 amide bonds. The third kappa shape index (κ3) is 5.15. The second kappa shape index (κ2) is 10.1. The zero-order valence-electron chi connectivity index (χ0n) is 20.2. The summed E-state index contributed by atoms with van der Waals surface area (Å²) in [7, 11) is 1.62. The Bertz CT molecular complexity index is 1430. The predicted octanol–water partition coefficient (Wildman–Crippen LogP) is 5.17. The summed E-state index contributed by atoms with van der Waals surface area (Å²) in [6, 6.07) is 20.4. The molecule has 1 heterocycles. The van der Waals surface area contributed by atoms with Crippen molar-refractivity contribution in [3.8, 4) is 17.2 Å². The zero-order valence-corrected chi connectivity index (χ0v) is 20.2. The number of rotatable bonds is 8. The van der Waals surface area contributed by atoms with Gasteiger partial charge in [-0.1, -0.05) is 18.2 Å². The third-order valence-corrected chi connectivity index (χ3v) is 6.24. The van der Waals surface area contributed by atoms with Crippen molar-refractivity contribution in [1.82, 2.24) is 15.6 Å². The van der Waals surface area contributed by atoms with Gasteiger partial charge in [-0.25, -0.2) is 0 Å². The molecule has 36 heavy (non-hydrogen) atoms. The molecule has 3 aromatic carbocycles. The maximum Gasteiger partial charge on any atom is 0.251 e. The first-order valence-electron chi connectivity index (χ1n) is 11.9. The topological polar surface area (TPSA) is 89.5 Å². The molecule has 1 aliphatic carbocycles. The number of hydrogen-bond acceptors (Lipinski definition) is 5. The van der Waals surface area contributed by atoms with E-state index in [0.717, 1.165) is 40.6 Å². The molecule has 0 unspecified atom stereocenters. The number of benzene rings is 3. The minimum Gasteiger partial charge on any atom is -0.497 e. The minimum absolute atomic E-state index is 0.0540. The average Bonchev–Trinajstić information content (AvgIpc) is 3.72. The first kappa shape index (κ1) is 23.4. The second-order valence-corrected chi connectivity index (χ2v) is 8.85. The molecule has 0 radical (unpaired) electrons. The van der Waals surface area contributed by atoms with Gasteiger partial charge in [-0.15, -0.1) is 0 Å². The Labute approximate surface area is 209 Å². The van der Waals surface area contributed by atoms with Crippen molar-refractivity contribution >= 4 is 22.7 Å². The highest BCUT2D eigenvalue weighted by Crippen LogP contribution is 2.33. The number of hydrogen-bond donors (Lipinski definition) is 2. The number of ether oxygens (including phenoxy) is 2. The van der Waals surface area contributed by atoms with Gasteiger partial charge in [0.25, 0.3) is 11.8 Å². The second-order valence-electron chi connectivity index (χ2n) is 8.85. The molecule has 5 rings (SSSR count). The summed E-state index contributed by atoms with van der Waals surface area (Å²) >= 11 is 0. The SMILES string of the molecule is COc1ccc2c(Oc3cccc(C(=O)NCc4ccc(C(=O)NC5CC5)cc4)c3C)ccnc2c1. The standard InChI is InChI=1S/C29H27N3O4/c1-18-23(29(34)31-17-19-6-8-20(9-7-19)28(33)32-21-10-11-21)4-3-5-26(18)36-27-14-15-30-25-16-22(35-2)12-13-24(25)27/h3-9,12-16,21H,10-11,17H2,1-2H3,(H,31,34)(H,32,33). The van der Waals surface area contributed by atoms with Crippen LogP contribution in [0.2, 0.25) is 0 Å². The fourth-order valence-electron chi connectivity index (χ4n) is 3.96. The van der Waals surface area contributed by atoms with Gasteiger partial charge < -0.3 is 20.1 Å². The molecule has 182 valence electrons. The molecule has 0 saturated heterocycles. The van der Waals surface area contributed by atoms with Gasteiger partial charge in [-0.3, -0.25) is 14.6 Å². The van der Waals surface area contributed by atoms with E-state index in [9.17, 15) is 9.59 Å². The van der Waals surface area contributed by atoms with E-state index in [-0.39, 0.29) is 11.8 Å². The molecule has 7 nitrogen and oxygen atoms in total. The molecule has 1 aromatic heterocycles. The van der Waals surface area contributed by atoms with E-state index < -0.39 is 0 Å². The number of aromatic nitrogens is 1. The van der Waals surface area contributed by atoms with Crippen LogP contribution in [0.4, 0.5) is 0 Å². The Morgan fingerprint density at radius 1 is 0.972 bits per heavy atom. The van der Waals surface area contributed by atoms with Crippen LogP contribution >= 0.6 is 0 Å². The zero-order chi connectivity index (χ0) is 25.1. The monoisotopic (exact) mass is 481 g/mol. The Morgan fingerprint density at radius 2 is 1.78 bits per heavy atom. The van der Waals surface area contributed by atoms with Crippen LogP contribution in [0.1, 0.15) is 44.7 Å². The lowest BCUT2D eigenvalue weighted by Gasteiger charge is -2.14. The van der Waals surface area contributed by atoms with E-state index >= 15 is 0 Å². The fourth-order valence-corrected chi connectivity index (χ4v) is 3.96. The van der Waals surface area contributed by atoms with E-state index in [1.54, 1.807) is 43.6 Å². The highest BCUT2D eigenvalue weighted by molar-refractivity contribution is 5.96. The van der Waals surface area contributed by atoms with E-state index in [1.807, 2.05) is 43.3 Å². The Balaban J connectivity index is 1.27. The van der Waals surface area contributed by atoms with Crippen LogP contribution in [0, 0.1) is 6.92 Å². The number of nitrogens with zero attached hydrogens (tertiary/aromatic N) is 1. The molecular formula is C29H27N3O4. The molecule has 2 N–H and O–H groups in total. The summed E-state index contributed by atoms with van der Waals surface area (Å²) in [5.41, 5.74) is 3.57. The lowest BCUT2D eigenvalue weighted by molar-refractivity contribution is 0.0941. The van der Waals surface area contributed by atoms with Crippen molar-refractivity contribution in [2.24, 2.45) is 0 Å². The number of pyridine rings is 1. The van der Waals surface area contributed by atoms with Gasteiger partial charge in [-0.05, 0) is 67.8 Å². The summed E-state index contributed by atoms with van der Waals surface area (Å²) in [5, 5.41) is 6.79. The summed E-state index contributed by atoms with van der Waals surface area (Å²) in [6.07, 6.45) is 3.79. The van der Waals surface area contributed by atoms with Crippen molar-refractivity contribution < 1.29 is 19.1 Å². The number of fused-ring (bicyclic) bond motifs is 1. The summed E-state index contributed by atoms with van der Waals surface area (Å²) in [4.78, 5) is 29.5. The summed E-state index contributed by atoms with van der Waals surface area (Å²) in [5.74, 6) is 1.71. The Morgan fingerprint density at radius 3 is 2.53 bits per heavy atom. The molecular weight excluding hydrogens is 454 g/mol. The van der Waals surface area contributed by atoms with Crippen molar-refractivity contribution in [3.63, 3.8) is 0 Å². The molecule has 1 fully saturated rings. The number of methoxy groups -OCH3 is 1. The largest absolute Gasteiger partial charge is 0.497 e. The molecule has 0 atom stereocenters. The van der Waals surface area contributed by atoms with Crippen LogP contribution in [0.25, 0.3) is 10.9 Å². The molecule has 0 spiro atoms. The van der Waals surface area contributed by atoms with Gasteiger partial charge >= 0.3 is 0 Å². The molecule has 1 saturated carbocycles. The predicted molar refractivity (Wildman–Crippen MR) is 138 cm³/mol. The van der Waals surface area contributed by atoms with Crippen LogP contribution in [0.15, 0.2) is 72.9 Å². The smallest absolute Gasteiger partial charge is 0.251 e. The van der Waals surface area contributed by atoms with E-state index in [1.165, 1.54) is 0 Å². The Hall–Kier alpha value is -4.39. The van der Waals surface area contributed by atoms with Crippen LogP contribution in [0.5, 0.6) is 17.2 Å². The lowest BCUT2D eigenvalue weighted by Crippen LogP contribution is -2.25. The van der Waals surface area contributed by atoms with Gasteiger partial charge in [0.1, 0.15) is 17.2 Å². The van der Waals surface area contributed by atoms with Gasteiger partial charge in [-0.2, -0.15) is 0 Å². The highest BCUT2D eigenvalue weighted by atomic mass is 16.5. The van der Waals surface area contributed by atoms with Crippen LogP contribution < -0.4 is 20.1 Å². The number of amides is 2. The third-order valence-electron chi connectivity index (χ3n) is 6.24. The lowest BCUT2D eigenvalue weighted by atomic mass is 10.1. The first-order chi connectivity index (χ1) is 17.5. The van der Waals surface area contributed by atoms with Gasteiger partial charge in [0, 0.05) is 46.9 Å². The van der Waals surface area contributed by atoms with E-state index in [4.69, 9.17) is 9.47 Å². The van der Waals surface area contributed by atoms with Crippen molar-refractivity contribution in [2.45, 2.75) is 32.4 Å². The van der Waals surface area contributed by atoms with Gasteiger partial charge in [0.15, 0.2) is 0 Å². The highest BCUT2D eigenvalue weighted by Gasteiger charge is 2.23. The van der Waals surface area contributed by atoms with Gasteiger partial charge in [0.05, 0.1) is 12.6 Å². The number of carbonyl (C=O) groups excluding carboxylic acids is 2. The summed E-state index contributed by atoms with van der Waals surface area (Å²) in [6.45, 7) is 2.22. The fraction of sp³-hybridized carbons (Fsp3) is 0.207. The van der Waals surface area contributed by atoms with Crippen molar-refractivity contribution in [2.75, 3.05) is 7.11 Å². The van der Waals surface area contributed by atoms with Crippen LogP contribution in [-0.4, -0.2) is 29.9 Å². The molecule has 4 aromatic rings. The number of nitrogens with one attached hydrogen (secondary N) is 2. The van der Waals surface area contributed by atoms with Crippen molar-refractivity contribution in [1.29, 1.82) is 0 Å². The molecule has 1 aliphatic rings. The molecule has 7 heteroatoms. The normalized spacial score (nSPS) is 12.7. The maximum atomic E-state index is 13.0. The van der Waals surface area contributed by atoms with Crippen LogP contribution in [-0.2, 0) is 6.54 Å². The maximum absolute atomic E-state index is 13.0. The Kier molecular flexibility index (Phi) is 6.54. The summed E-state index contributed by atoms with van der Waals surface area (Å²) < 4.78 is 11.5. The van der Waals surface area contributed by atoms with Gasteiger partial charge in [0.2, 0.25) is 0 Å². The quantitative estimate of drug-likeness (QED) is 0.363. The minimum atomic E-state index is -0.196. The van der Waals surface area contributed by atoms with E-state index in [0.29, 0.717) is 35.2 Å².